The number of aliphatic hydroxyl groups excluding tert-OH is 1. The largest absolute Gasteiger partial charge is 0.396 e. The van der Waals surface area contributed by atoms with Gasteiger partial charge in [0.25, 0.3) is 0 Å². The van der Waals surface area contributed by atoms with Crippen molar-refractivity contribution in [2.75, 3.05) is 19.0 Å². The van der Waals surface area contributed by atoms with Crippen LogP contribution < -0.4 is 5.32 Å². The zero-order chi connectivity index (χ0) is 15.9. The number of urea groups is 1. The fraction of sp³-hybridized carbons (Fsp3) is 0.235. The molecule has 0 saturated carbocycles. The van der Waals surface area contributed by atoms with Gasteiger partial charge < -0.3 is 15.3 Å². The highest BCUT2D eigenvalue weighted by Gasteiger charge is 2.21. The average Bonchev–Trinajstić information content (AvgIpc) is 2.53. The summed E-state index contributed by atoms with van der Waals surface area (Å²) in [4.78, 5) is 13.8. The van der Waals surface area contributed by atoms with Gasteiger partial charge in [-0.05, 0) is 30.2 Å². The SMILES string of the molecule is CN(C(=O)Nc1cccc(F)c1)[C@@H](CCO)c1ccccc1. The predicted octanol–water partition coefficient (Wildman–Crippen LogP) is 3.41. The van der Waals surface area contributed by atoms with Crippen LogP contribution in [-0.4, -0.2) is 29.7 Å². The summed E-state index contributed by atoms with van der Waals surface area (Å²) >= 11 is 0. The second kappa shape index (κ2) is 7.56. The van der Waals surface area contributed by atoms with E-state index in [1.807, 2.05) is 30.3 Å². The Kier molecular flexibility index (Phi) is 5.49. The van der Waals surface area contributed by atoms with Crippen LogP contribution in [0.15, 0.2) is 54.6 Å². The van der Waals surface area contributed by atoms with Crippen LogP contribution in [0, 0.1) is 5.82 Å². The van der Waals surface area contributed by atoms with Crippen LogP contribution in [0.2, 0.25) is 0 Å². The van der Waals surface area contributed by atoms with Gasteiger partial charge in [-0.2, -0.15) is 0 Å². The van der Waals surface area contributed by atoms with Crippen molar-refractivity contribution in [3.05, 3.63) is 66.0 Å². The molecule has 1 atom stereocenters. The van der Waals surface area contributed by atoms with Crippen molar-refractivity contribution in [1.82, 2.24) is 4.90 Å². The van der Waals surface area contributed by atoms with E-state index in [0.29, 0.717) is 12.1 Å². The molecule has 0 aliphatic heterocycles. The first-order valence-electron chi connectivity index (χ1n) is 7.07. The number of hydrogen-bond donors (Lipinski definition) is 2. The molecule has 2 rings (SSSR count). The number of anilines is 1. The Morgan fingerprint density at radius 2 is 1.95 bits per heavy atom. The summed E-state index contributed by atoms with van der Waals surface area (Å²) in [6, 6.07) is 14.6. The Morgan fingerprint density at radius 3 is 2.59 bits per heavy atom. The number of halogens is 1. The molecule has 0 unspecified atom stereocenters. The van der Waals surface area contributed by atoms with Gasteiger partial charge in [0.2, 0.25) is 0 Å². The third-order valence-corrected chi connectivity index (χ3v) is 3.45. The van der Waals surface area contributed by atoms with Crippen molar-refractivity contribution in [1.29, 1.82) is 0 Å². The molecule has 0 saturated heterocycles. The van der Waals surface area contributed by atoms with Gasteiger partial charge in [-0.15, -0.1) is 0 Å². The molecule has 0 aromatic heterocycles. The van der Waals surface area contributed by atoms with Crippen LogP contribution >= 0.6 is 0 Å². The third kappa shape index (κ3) is 4.05. The Morgan fingerprint density at radius 1 is 1.23 bits per heavy atom. The minimum Gasteiger partial charge on any atom is -0.396 e. The number of carbonyl (C=O) groups is 1. The Bertz CT molecular complexity index is 619. The molecule has 5 heteroatoms. The lowest BCUT2D eigenvalue weighted by Crippen LogP contribution is -2.35. The lowest BCUT2D eigenvalue weighted by molar-refractivity contribution is 0.184. The second-order valence-corrected chi connectivity index (χ2v) is 4.99. The number of hydrogen-bond acceptors (Lipinski definition) is 2. The lowest BCUT2D eigenvalue weighted by atomic mass is 10.0. The maximum atomic E-state index is 13.2. The fourth-order valence-corrected chi connectivity index (χ4v) is 2.30. The molecular weight excluding hydrogens is 283 g/mol. The molecular formula is C17H19FN2O2. The normalized spacial score (nSPS) is 11.8. The highest BCUT2D eigenvalue weighted by atomic mass is 19.1. The van der Waals surface area contributed by atoms with Gasteiger partial charge >= 0.3 is 6.03 Å². The van der Waals surface area contributed by atoms with Crippen LogP contribution in [0.25, 0.3) is 0 Å². The van der Waals surface area contributed by atoms with Crippen molar-refractivity contribution >= 4 is 11.7 Å². The van der Waals surface area contributed by atoms with E-state index in [1.54, 1.807) is 13.1 Å². The second-order valence-electron chi connectivity index (χ2n) is 4.99. The molecule has 0 aliphatic rings. The maximum absolute atomic E-state index is 13.2. The molecule has 0 aliphatic carbocycles. The molecule has 4 nitrogen and oxygen atoms in total. The minimum absolute atomic E-state index is 0.0306. The summed E-state index contributed by atoms with van der Waals surface area (Å²) in [5, 5.41) is 11.9. The zero-order valence-corrected chi connectivity index (χ0v) is 12.4. The van der Waals surface area contributed by atoms with Crippen molar-refractivity contribution in [3.63, 3.8) is 0 Å². The highest BCUT2D eigenvalue weighted by molar-refractivity contribution is 5.89. The molecule has 2 aromatic rings. The Hall–Kier alpha value is -2.40. The summed E-state index contributed by atoms with van der Waals surface area (Å²) in [5.74, 6) is -0.407. The summed E-state index contributed by atoms with van der Waals surface area (Å²) in [5.41, 5.74) is 1.33. The molecule has 116 valence electrons. The first-order valence-corrected chi connectivity index (χ1v) is 7.07. The number of carbonyl (C=O) groups excluding carboxylic acids is 1. The quantitative estimate of drug-likeness (QED) is 0.889. The van der Waals surface area contributed by atoms with Crippen LogP contribution in [0.1, 0.15) is 18.0 Å². The topological polar surface area (TPSA) is 52.6 Å². The molecule has 0 spiro atoms. The summed E-state index contributed by atoms with van der Waals surface area (Å²) < 4.78 is 13.2. The monoisotopic (exact) mass is 302 g/mol. The number of rotatable bonds is 5. The number of nitrogens with zero attached hydrogens (tertiary/aromatic N) is 1. The number of amides is 2. The van der Waals surface area contributed by atoms with Gasteiger partial charge in [0, 0.05) is 19.3 Å². The van der Waals surface area contributed by atoms with Gasteiger partial charge in [-0.1, -0.05) is 36.4 Å². The predicted molar refractivity (Wildman–Crippen MR) is 84.1 cm³/mol. The van der Waals surface area contributed by atoms with Gasteiger partial charge in [-0.25, -0.2) is 9.18 Å². The van der Waals surface area contributed by atoms with Gasteiger partial charge in [0.1, 0.15) is 5.82 Å². The fourth-order valence-electron chi connectivity index (χ4n) is 2.30. The summed E-state index contributed by atoms with van der Waals surface area (Å²) in [7, 11) is 1.65. The van der Waals surface area contributed by atoms with Gasteiger partial charge in [-0.3, -0.25) is 0 Å². The van der Waals surface area contributed by atoms with E-state index in [2.05, 4.69) is 5.32 Å². The van der Waals surface area contributed by atoms with E-state index in [1.165, 1.54) is 23.1 Å². The molecule has 0 radical (unpaired) electrons. The maximum Gasteiger partial charge on any atom is 0.322 e. The Labute approximate surface area is 129 Å². The van der Waals surface area contributed by atoms with Crippen LogP contribution in [0.3, 0.4) is 0 Å². The van der Waals surface area contributed by atoms with Crippen LogP contribution in [-0.2, 0) is 0 Å². The number of benzene rings is 2. The molecule has 22 heavy (non-hydrogen) atoms. The third-order valence-electron chi connectivity index (χ3n) is 3.45. The highest BCUT2D eigenvalue weighted by Crippen LogP contribution is 2.23. The smallest absolute Gasteiger partial charge is 0.322 e. The first-order chi connectivity index (χ1) is 10.6. The first kappa shape index (κ1) is 16.0. The molecule has 0 fully saturated rings. The number of aliphatic hydroxyl groups is 1. The molecule has 2 N–H and O–H groups in total. The minimum atomic E-state index is -0.407. The lowest BCUT2D eigenvalue weighted by Gasteiger charge is -2.28. The standard InChI is InChI=1S/C17H19FN2O2/c1-20(16(10-11-21)13-6-3-2-4-7-13)17(22)19-15-9-5-8-14(18)12-15/h2-9,12,16,21H,10-11H2,1H3,(H,19,22)/t16-/m0/s1. The van der Waals surface area contributed by atoms with Crippen LogP contribution in [0.5, 0.6) is 0 Å². The van der Waals surface area contributed by atoms with Crippen molar-refractivity contribution in [3.8, 4) is 0 Å². The van der Waals surface area contributed by atoms with Gasteiger partial charge in [0.15, 0.2) is 0 Å². The summed E-state index contributed by atoms with van der Waals surface area (Å²) in [6.07, 6.45) is 0.428. The molecule has 0 bridgehead atoms. The van der Waals surface area contributed by atoms with Crippen molar-refractivity contribution < 1.29 is 14.3 Å². The van der Waals surface area contributed by atoms with Crippen molar-refractivity contribution in [2.24, 2.45) is 0 Å². The van der Waals surface area contributed by atoms with E-state index < -0.39 is 5.82 Å². The van der Waals surface area contributed by atoms with Crippen LogP contribution in [0.4, 0.5) is 14.9 Å². The van der Waals surface area contributed by atoms with Gasteiger partial charge in [0.05, 0.1) is 6.04 Å². The molecule has 2 aromatic carbocycles. The summed E-state index contributed by atoms with van der Waals surface area (Å²) in [6.45, 7) is -0.0306. The zero-order valence-electron chi connectivity index (χ0n) is 12.4. The Balaban J connectivity index is 2.12. The van der Waals surface area contributed by atoms with E-state index in [9.17, 15) is 14.3 Å². The molecule has 0 heterocycles. The van der Waals surface area contributed by atoms with E-state index in [4.69, 9.17) is 0 Å². The average molecular weight is 302 g/mol. The van der Waals surface area contributed by atoms with E-state index >= 15 is 0 Å². The van der Waals surface area contributed by atoms with Crippen molar-refractivity contribution in [2.45, 2.75) is 12.5 Å². The number of nitrogens with one attached hydrogen (secondary N) is 1. The van der Waals surface area contributed by atoms with E-state index in [-0.39, 0.29) is 18.7 Å². The molecule has 2 amide bonds. The van der Waals surface area contributed by atoms with E-state index in [0.717, 1.165) is 5.56 Å².